The molecule has 28 heavy (non-hydrogen) atoms. The van der Waals surface area contributed by atoms with Gasteiger partial charge in [0.2, 0.25) is 0 Å². The third kappa shape index (κ3) is 3.95. The number of thiophene rings is 1. The molecule has 0 saturated carbocycles. The number of benzene rings is 1. The summed E-state index contributed by atoms with van der Waals surface area (Å²) in [5.74, 6) is -0.356. The summed E-state index contributed by atoms with van der Waals surface area (Å²) in [5, 5.41) is 7.75. The molecule has 1 aromatic carbocycles. The molecule has 0 spiro atoms. The molecule has 0 atom stereocenters. The lowest BCUT2D eigenvalue weighted by Gasteiger charge is -2.05. The maximum Gasteiger partial charge on any atom is 0.348 e. The molecule has 3 aromatic rings. The number of aryl methyl sites for hydroxylation is 3. The van der Waals surface area contributed by atoms with Gasteiger partial charge in [-0.3, -0.25) is 9.48 Å². The fraction of sp³-hybridized carbons (Fsp3) is 0.250. The van der Waals surface area contributed by atoms with Crippen LogP contribution in [0.3, 0.4) is 0 Å². The highest BCUT2D eigenvalue weighted by molar-refractivity contribution is 7.14. The van der Waals surface area contributed by atoms with E-state index in [9.17, 15) is 9.59 Å². The third-order valence-corrected chi connectivity index (χ3v) is 6.04. The van der Waals surface area contributed by atoms with Gasteiger partial charge < -0.3 is 10.1 Å². The minimum atomic E-state index is -0.457. The van der Waals surface area contributed by atoms with E-state index in [1.807, 2.05) is 18.2 Å². The Morgan fingerprint density at radius 1 is 1.25 bits per heavy atom. The van der Waals surface area contributed by atoms with Crippen molar-refractivity contribution in [2.24, 2.45) is 7.05 Å². The molecule has 0 saturated heterocycles. The first kappa shape index (κ1) is 18.7. The number of amides is 1. The van der Waals surface area contributed by atoms with E-state index in [1.165, 1.54) is 21.8 Å². The maximum absolute atomic E-state index is 12.2. The number of ether oxygens (including phenoxy) is 1. The lowest BCUT2D eigenvalue weighted by Crippen LogP contribution is -2.21. The van der Waals surface area contributed by atoms with Crippen LogP contribution in [-0.4, -0.2) is 28.3 Å². The van der Waals surface area contributed by atoms with Crippen LogP contribution in [0.15, 0.2) is 36.4 Å². The number of nitrogens with one attached hydrogen (secondary N) is 1. The van der Waals surface area contributed by atoms with Crippen LogP contribution >= 0.6 is 22.9 Å². The first-order chi connectivity index (χ1) is 13.5. The molecule has 2 aromatic heterocycles. The van der Waals surface area contributed by atoms with Crippen LogP contribution < -0.4 is 5.32 Å². The van der Waals surface area contributed by atoms with Crippen molar-refractivity contribution >= 4 is 40.6 Å². The minimum Gasteiger partial charge on any atom is -0.451 e. The Hall–Kier alpha value is -2.64. The fourth-order valence-corrected chi connectivity index (χ4v) is 4.43. The molecule has 144 valence electrons. The van der Waals surface area contributed by atoms with Crippen LogP contribution in [0.5, 0.6) is 0 Å². The predicted molar refractivity (Wildman–Crippen MR) is 109 cm³/mol. The van der Waals surface area contributed by atoms with E-state index in [-0.39, 0.29) is 6.61 Å². The Kier molecular flexibility index (Phi) is 5.19. The first-order valence-corrected chi connectivity index (χ1v) is 10.1. The smallest absolute Gasteiger partial charge is 0.348 e. The highest BCUT2D eigenvalue weighted by Crippen LogP contribution is 2.31. The van der Waals surface area contributed by atoms with Crippen LogP contribution in [0.2, 0.25) is 5.02 Å². The monoisotopic (exact) mass is 415 g/mol. The quantitative estimate of drug-likeness (QED) is 0.637. The van der Waals surface area contributed by atoms with Gasteiger partial charge in [0.1, 0.15) is 10.7 Å². The Morgan fingerprint density at radius 2 is 2.04 bits per heavy atom. The van der Waals surface area contributed by atoms with Crippen molar-refractivity contribution < 1.29 is 14.3 Å². The van der Waals surface area contributed by atoms with Crippen molar-refractivity contribution in [3.63, 3.8) is 0 Å². The van der Waals surface area contributed by atoms with E-state index in [2.05, 4.69) is 10.4 Å². The lowest BCUT2D eigenvalue weighted by molar-refractivity contribution is -0.119. The van der Waals surface area contributed by atoms with Crippen LogP contribution in [0, 0.1) is 0 Å². The molecule has 4 rings (SSSR count). The number of hydrogen-bond donors (Lipinski definition) is 1. The van der Waals surface area contributed by atoms with E-state index >= 15 is 0 Å². The average Bonchev–Trinajstić information content (AvgIpc) is 3.36. The van der Waals surface area contributed by atoms with Crippen molar-refractivity contribution in [3.05, 3.63) is 56.7 Å². The molecule has 1 N–H and O–H groups in total. The standard InChI is InChI=1S/C20H18ClN3O3S/c1-24-18(10-15(23-24)12-5-7-14(21)8-6-12)22-19(25)11-27-20(26)17-9-13-3-2-4-16(13)28-17/h5-10H,2-4,11H2,1H3,(H,22,25). The molecule has 8 heteroatoms. The summed E-state index contributed by atoms with van der Waals surface area (Å²) >= 11 is 7.37. The Morgan fingerprint density at radius 3 is 2.79 bits per heavy atom. The molecule has 0 bridgehead atoms. The van der Waals surface area contributed by atoms with Gasteiger partial charge in [-0.25, -0.2) is 4.79 Å². The number of aromatic nitrogens is 2. The van der Waals surface area contributed by atoms with Crippen LogP contribution in [0.1, 0.15) is 26.5 Å². The Labute approximate surface area is 171 Å². The van der Waals surface area contributed by atoms with E-state index in [4.69, 9.17) is 16.3 Å². The Bertz CT molecular complexity index is 1020. The number of carbonyl (C=O) groups is 2. The largest absolute Gasteiger partial charge is 0.451 e. The van der Waals surface area contributed by atoms with Crippen LogP contribution in [0.25, 0.3) is 11.3 Å². The Balaban J connectivity index is 1.35. The molecule has 6 nitrogen and oxygen atoms in total. The normalized spacial score (nSPS) is 12.6. The van der Waals surface area contributed by atoms with Crippen molar-refractivity contribution in [1.29, 1.82) is 0 Å². The van der Waals surface area contributed by atoms with Crippen LogP contribution in [-0.2, 0) is 29.4 Å². The topological polar surface area (TPSA) is 73.2 Å². The zero-order valence-electron chi connectivity index (χ0n) is 15.2. The minimum absolute atomic E-state index is 0.344. The van der Waals surface area contributed by atoms with Crippen molar-refractivity contribution in [1.82, 2.24) is 9.78 Å². The zero-order valence-corrected chi connectivity index (χ0v) is 16.8. The maximum atomic E-state index is 12.2. The van der Waals surface area contributed by atoms with Crippen molar-refractivity contribution in [2.75, 3.05) is 11.9 Å². The molecule has 1 amide bonds. The van der Waals surface area contributed by atoms with Gasteiger partial charge in [0.15, 0.2) is 6.61 Å². The molecular formula is C20H18ClN3O3S. The summed E-state index contributed by atoms with van der Waals surface area (Å²) in [7, 11) is 1.73. The molecule has 1 aliphatic rings. The highest BCUT2D eigenvalue weighted by Gasteiger charge is 2.20. The number of esters is 1. The van der Waals surface area contributed by atoms with E-state index in [1.54, 1.807) is 29.9 Å². The average molecular weight is 416 g/mol. The van der Waals surface area contributed by atoms with Gasteiger partial charge in [0, 0.05) is 28.6 Å². The molecule has 1 aliphatic carbocycles. The van der Waals surface area contributed by atoms with Gasteiger partial charge in [-0.2, -0.15) is 5.10 Å². The number of carbonyl (C=O) groups excluding carboxylic acids is 2. The summed E-state index contributed by atoms with van der Waals surface area (Å²) in [5.41, 5.74) is 2.82. The summed E-state index contributed by atoms with van der Waals surface area (Å²) in [6.07, 6.45) is 3.17. The molecule has 0 unspecified atom stereocenters. The number of rotatable bonds is 5. The second-order valence-electron chi connectivity index (χ2n) is 6.58. The lowest BCUT2D eigenvalue weighted by atomic mass is 10.1. The van der Waals surface area contributed by atoms with E-state index in [0.717, 1.165) is 24.8 Å². The SMILES string of the molecule is Cn1nc(-c2ccc(Cl)cc2)cc1NC(=O)COC(=O)c1cc2c(s1)CCC2. The van der Waals surface area contributed by atoms with Gasteiger partial charge >= 0.3 is 5.97 Å². The van der Waals surface area contributed by atoms with Crippen LogP contribution in [0.4, 0.5) is 5.82 Å². The summed E-state index contributed by atoms with van der Waals surface area (Å²) < 4.78 is 6.72. The number of nitrogens with zero attached hydrogens (tertiary/aromatic N) is 2. The van der Waals surface area contributed by atoms with E-state index in [0.29, 0.717) is 21.4 Å². The van der Waals surface area contributed by atoms with Crippen molar-refractivity contribution in [3.8, 4) is 11.3 Å². The third-order valence-electron chi connectivity index (χ3n) is 4.57. The predicted octanol–water partition coefficient (Wildman–Crippen LogP) is 4.09. The summed E-state index contributed by atoms with van der Waals surface area (Å²) in [6, 6.07) is 10.9. The van der Waals surface area contributed by atoms with Gasteiger partial charge in [-0.15, -0.1) is 11.3 Å². The molecule has 0 aliphatic heterocycles. The van der Waals surface area contributed by atoms with E-state index < -0.39 is 11.9 Å². The summed E-state index contributed by atoms with van der Waals surface area (Å²) in [4.78, 5) is 26.2. The molecule has 0 radical (unpaired) electrons. The zero-order chi connectivity index (χ0) is 19.7. The van der Waals surface area contributed by atoms with Crippen molar-refractivity contribution in [2.45, 2.75) is 19.3 Å². The number of fused-ring (bicyclic) bond motifs is 1. The molecule has 2 heterocycles. The van der Waals surface area contributed by atoms with Gasteiger partial charge in [0.05, 0.1) is 5.69 Å². The number of hydrogen-bond acceptors (Lipinski definition) is 5. The number of halogens is 1. The number of anilines is 1. The molecule has 0 fully saturated rings. The first-order valence-electron chi connectivity index (χ1n) is 8.88. The fourth-order valence-electron chi connectivity index (χ4n) is 3.16. The molecular weight excluding hydrogens is 398 g/mol. The summed E-state index contributed by atoms with van der Waals surface area (Å²) in [6.45, 7) is -0.344. The van der Waals surface area contributed by atoms with Gasteiger partial charge in [0.25, 0.3) is 5.91 Å². The second-order valence-corrected chi connectivity index (χ2v) is 8.16. The van der Waals surface area contributed by atoms with Gasteiger partial charge in [-0.1, -0.05) is 23.7 Å². The highest BCUT2D eigenvalue weighted by atomic mass is 35.5. The second kappa shape index (κ2) is 7.77. The van der Waals surface area contributed by atoms with Gasteiger partial charge in [-0.05, 0) is 43.0 Å².